The first kappa shape index (κ1) is 8.53. The lowest BCUT2D eigenvalue weighted by atomic mass is 9.97. The molecule has 62 valence electrons. The molecule has 0 bridgehead atoms. The van der Waals surface area contributed by atoms with Crippen LogP contribution in [0.3, 0.4) is 0 Å². The molecule has 1 fully saturated rings. The summed E-state index contributed by atoms with van der Waals surface area (Å²) in [5.41, 5.74) is -0.856. The monoisotopic (exact) mass is 173 g/mol. The molecule has 0 aromatic heterocycles. The highest BCUT2D eigenvalue weighted by Gasteiger charge is 2.40. The van der Waals surface area contributed by atoms with E-state index in [1.165, 1.54) is 18.1 Å². The van der Waals surface area contributed by atoms with Gasteiger partial charge in [0.1, 0.15) is 0 Å². The lowest BCUT2D eigenvalue weighted by Gasteiger charge is -2.42. The Morgan fingerprint density at radius 3 is 2.64 bits per heavy atom. The molecule has 0 aromatic carbocycles. The lowest BCUT2D eigenvalue weighted by Crippen LogP contribution is -2.62. The average Bonchev–Trinajstić information content (AvgIpc) is 1.82. The van der Waals surface area contributed by atoms with Gasteiger partial charge in [-0.2, -0.15) is 0 Å². The second-order valence-electron chi connectivity index (χ2n) is 2.71. The zero-order chi connectivity index (χ0) is 8.48. The van der Waals surface area contributed by atoms with Crippen molar-refractivity contribution >= 4 is 17.1 Å². The van der Waals surface area contributed by atoms with Crippen molar-refractivity contribution in [2.75, 3.05) is 19.3 Å². The molecule has 1 heterocycles. The van der Waals surface area contributed by atoms with Crippen LogP contribution in [0, 0.1) is 5.18 Å². The van der Waals surface area contributed by atoms with Crippen LogP contribution in [0.25, 0.3) is 0 Å². The van der Waals surface area contributed by atoms with Gasteiger partial charge in [0.25, 0.3) is 0 Å². The van der Waals surface area contributed by atoms with Crippen LogP contribution in [0.15, 0.2) is 0 Å². The van der Waals surface area contributed by atoms with Gasteiger partial charge in [-0.15, -0.1) is 11.2 Å². The maximum Gasteiger partial charge on any atom is 0.219 e. The molecule has 1 aliphatic rings. The predicted octanol–water partition coefficient (Wildman–Crippen LogP) is -0.0982. The Balaban J connectivity index is 2.48. The van der Waals surface area contributed by atoms with Crippen molar-refractivity contribution < 1.29 is 9.90 Å². The number of nitrogens with zero attached hydrogens (tertiary/aromatic N) is 1. The van der Waals surface area contributed by atoms with Crippen LogP contribution in [0.5, 0.6) is 0 Å². The van der Waals surface area contributed by atoms with E-state index in [4.69, 9.17) is 0 Å². The molecule has 1 rings (SSSR count). The molecule has 1 aliphatic heterocycles. The summed E-state index contributed by atoms with van der Waals surface area (Å²) in [5.74, 6) is 0.0116. The van der Waals surface area contributed by atoms with Crippen LogP contribution in [-0.4, -0.2) is 40.9 Å². The van der Waals surface area contributed by atoms with Gasteiger partial charge in [-0.1, -0.05) is 5.18 Å². The number of carbonyl (C=O) groups excluding carboxylic acids is 1. The summed E-state index contributed by atoms with van der Waals surface area (Å²) in [6, 6.07) is 0. The summed E-state index contributed by atoms with van der Waals surface area (Å²) >= 11 is 1.36. The largest absolute Gasteiger partial charge is 0.374 e. The highest BCUT2D eigenvalue weighted by molar-refractivity contribution is 7.87. The third kappa shape index (κ3) is 1.71. The van der Waals surface area contributed by atoms with Crippen LogP contribution in [0.4, 0.5) is 0 Å². The number of likely N-dealkylation sites (tertiary alicyclic amines) is 1. The molecule has 1 saturated heterocycles. The fourth-order valence-electron chi connectivity index (χ4n) is 1.06. The molecule has 4 heteroatoms. The molecule has 3 nitrogen and oxygen atoms in total. The SMILES string of the molecule is CS#CC1(O)CN(C(C)=O)C1. The molecule has 0 radical (unpaired) electrons. The number of hydrogen-bond donors (Lipinski definition) is 1. The quantitative estimate of drug-likeness (QED) is 0.556. The van der Waals surface area contributed by atoms with E-state index in [1.807, 2.05) is 6.26 Å². The van der Waals surface area contributed by atoms with Crippen molar-refractivity contribution in [1.29, 1.82) is 0 Å². The highest BCUT2D eigenvalue weighted by atomic mass is 32.1. The topological polar surface area (TPSA) is 40.5 Å². The van der Waals surface area contributed by atoms with Crippen molar-refractivity contribution in [3.8, 4) is 5.18 Å². The first-order valence-corrected chi connectivity index (χ1v) is 4.58. The summed E-state index contributed by atoms with van der Waals surface area (Å²) in [4.78, 5) is 12.3. The van der Waals surface area contributed by atoms with E-state index >= 15 is 0 Å². The summed E-state index contributed by atoms with van der Waals surface area (Å²) in [5, 5.41) is 12.3. The van der Waals surface area contributed by atoms with Gasteiger partial charge >= 0.3 is 0 Å². The fourth-order valence-corrected chi connectivity index (χ4v) is 1.57. The third-order valence-corrected chi connectivity index (χ3v) is 2.23. The zero-order valence-corrected chi connectivity index (χ0v) is 7.44. The van der Waals surface area contributed by atoms with Crippen molar-refractivity contribution in [1.82, 2.24) is 4.90 Å². The van der Waals surface area contributed by atoms with E-state index < -0.39 is 5.60 Å². The van der Waals surface area contributed by atoms with E-state index in [-0.39, 0.29) is 5.91 Å². The van der Waals surface area contributed by atoms with E-state index in [2.05, 4.69) is 5.18 Å². The summed E-state index contributed by atoms with van der Waals surface area (Å²) in [6.07, 6.45) is 1.84. The normalized spacial score (nSPS) is 20.1. The molecule has 0 spiro atoms. The van der Waals surface area contributed by atoms with Crippen LogP contribution in [-0.2, 0) is 4.79 Å². The molecule has 0 atom stereocenters. The molecule has 1 amide bonds. The van der Waals surface area contributed by atoms with Crippen molar-refractivity contribution in [2.45, 2.75) is 12.5 Å². The lowest BCUT2D eigenvalue weighted by molar-refractivity contribution is -0.144. The van der Waals surface area contributed by atoms with Crippen LogP contribution in [0.2, 0.25) is 0 Å². The highest BCUT2D eigenvalue weighted by Crippen LogP contribution is 2.20. The standard InChI is InChI=1S/C7H11NO2S/c1-6(9)8-3-7(10,4-8)5-11-2/h10H,3-4H2,1-2H3. The zero-order valence-electron chi connectivity index (χ0n) is 6.63. The number of aliphatic hydroxyl groups is 1. The fraction of sp³-hybridized carbons (Fsp3) is 0.714. The van der Waals surface area contributed by atoms with E-state index in [0.717, 1.165) is 0 Å². The van der Waals surface area contributed by atoms with E-state index in [0.29, 0.717) is 13.1 Å². The van der Waals surface area contributed by atoms with Gasteiger partial charge in [0, 0.05) is 13.2 Å². The maximum atomic E-state index is 10.7. The number of amides is 1. The van der Waals surface area contributed by atoms with E-state index in [9.17, 15) is 9.90 Å². The molecule has 0 aliphatic carbocycles. The summed E-state index contributed by atoms with van der Waals surface area (Å²) in [6.45, 7) is 2.28. The Morgan fingerprint density at radius 1 is 1.73 bits per heavy atom. The molecule has 0 unspecified atom stereocenters. The number of carbonyl (C=O) groups is 1. The van der Waals surface area contributed by atoms with Gasteiger partial charge in [0.15, 0.2) is 5.60 Å². The van der Waals surface area contributed by atoms with Crippen LogP contribution < -0.4 is 0 Å². The molecular formula is C7H11NO2S. The van der Waals surface area contributed by atoms with Crippen molar-refractivity contribution in [3.05, 3.63) is 0 Å². The molecule has 0 aromatic rings. The summed E-state index contributed by atoms with van der Waals surface area (Å²) < 4.78 is 0. The van der Waals surface area contributed by atoms with Gasteiger partial charge in [0.2, 0.25) is 5.91 Å². The Morgan fingerprint density at radius 2 is 2.27 bits per heavy atom. The van der Waals surface area contributed by atoms with Crippen LogP contribution in [0.1, 0.15) is 6.92 Å². The van der Waals surface area contributed by atoms with E-state index in [1.54, 1.807) is 4.90 Å². The third-order valence-electron chi connectivity index (χ3n) is 1.64. The van der Waals surface area contributed by atoms with Gasteiger partial charge in [-0.25, -0.2) is 0 Å². The molecule has 0 saturated carbocycles. The second kappa shape index (κ2) is 2.81. The van der Waals surface area contributed by atoms with Crippen molar-refractivity contribution in [2.24, 2.45) is 0 Å². The predicted molar refractivity (Wildman–Crippen MR) is 44.6 cm³/mol. The minimum atomic E-state index is -0.856. The number of β-amino-alcohol motifs (C(OH)–C–C–N with tert-alkyl or cyclic N) is 1. The molecule has 11 heavy (non-hydrogen) atoms. The van der Waals surface area contributed by atoms with Gasteiger partial charge in [0.05, 0.1) is 13.1 Å². The van der Waals surface area contributed by atoms with Gasteiger partial charge in [-0.3, -0.25) is 4.79 Å². The number of hydrogen-bond acceptors (Lipinski definition) is 2. The molecule has 1 N–H and O–H groups in total. The first-order chi connectivity index (χ1) is 5.07. The Labute approximate surface area is 69.6 Å². The van der Waals surface area contributed by atoms with Crippen LogP contribution >= 0.6 is 11.2 Å². The second-order valence-corrected chi connectivity index (χ2v) is 3.33. The average molecular weight is 173 g/mol. The Hall–Kier alpha value is -0.570. The minimum Gasteiger partial charge on any atom is -0.374 e. The summed E-state index contributed by atoms with van der Waals surface area (Å²) in [7, 11) is 0. The number of rotatable bonds is 0. The Kier molecular flexibility index (Phi) is 2.18. The Bertz CT molecular complexity index is 235. The minimum absolute atomic E-state index is 0.0116. The maximum absolute atomic E-state index is 10.7. The van der Waals surface area contributed by atoms with Gasteiger partial charge < -0.3 is 10.0 Å². The van der Waals surface area contributed by atoms with Crippen molar-refractivity contribution in [3.63, 3.8) is 0 Å². The molecular weight excluding hydrogens is 162 g/mol. The smallest absolute Gasteiger partial charge is 0.219 e. The van der Waals surface area contributed by atoms with Gasteiger partial charge in [-0.05, 0) is 0 Å². The first-order valence-electron chi connectivity index (χ1n) is 3.35.